The van der Waals surface area contributed by atoms with Gasteiger partial charge in [0.25, 0.3) is 0 Å². The predicted molar refractivity (Wildman–Crippen MR) is 84.0 cm³/mol. The van der Waals surface area contributed by atoms with Crippen molar-refractivity contribution in [2.75, 3.05) is 13.2 Å². The van der Waals surface area contributed by atoms with E-state index in [4.69, 9.17) is 16.3 Å². The maximum Gasteiger partial charge on any atom is 0.0897 e. The summed E-state index contributed by atoms with van der Waals surface area (Å²) in [6.45, 7) is 10.0. The zero-order chi connectivity index (χ0) is 15.2. The van der Waals surface area contributed by atoms with E-state index in [0.29, 0.717) is 30.8 Å². The number of hydrogen-bond acceptors (Lipinski definition) is 3. The molecule has 0 saturated carbocycles. The van der Waals surface area contributed by atoms with Gasteiger partial charge < -0.3 is 15.2 Å². The fourth-order valence-corrected chi connectivity index (χ4v) is 1.70. The number of hydrogen-bond donors (Lipinski definition) is 2. The minimum atomic E-state index is -0.493. The first kappa shape index (κ1) is 17.4. The summed E-state index contributed by atoms with van der Waals surface area (Å²) in [6, 6.07) is 7.86. The molecule has 0 aromatic heterocycles. The highest BCUT2D eigenvalue weighted by atomic mass is 35.5. The largest absolute Gasteiger partial charge is 0.389 e. The quantitative estimate of drug-likeness (QED) is 0.812. The molecule has 0 heterocycles. The highest BCUT2D eigenvalue weighted by Gasteiger charge is 2.20. The molecular formula is C16H26ClNO2. The van der Waals surface area contributed by atoms with Gasteiger partial charge in [-0.15, -0.1) is 0 Å². The summed E-state index contributed by atoms with van der Waals surface area (Å²) in [4.78, 5) is 0. The lowest BCUT2D eigenvalue weighted by molar-refractivity contribution is 0.0260. The summed E-state index contributed by atoms with van der Waals surface area (Å²) in [7, 11) is 0. The van der Waals surface area contributed by atoms with Crippen LogP contribution in [0.1, 0.15) is 33.3 Å². The van der Waals surface area contributed by atoms with Crippen LogP contribution in [0.25, 0.3) is 0 Å². The second kappa shape index (κ2) is 7.99. The number of aliphatic hydroxyl groups excluding tert-OH is 1. The summed E-state index contributed by atoms with van der Waals surface area (Å²) in [6.07, 6.45) is -0.493. The molecule has 0 amide bonds. The molecule has 0 fully saturated rings. The number of ether oxygens (including phenoxy) is 1. The van der Waals surface area contributed by atoms with Crippen LogP contribution in [0.2, 0.25) is 5.02 Å². The molecule has 3 nitrogen and oxygen atoms in total. The Morgan fingerprint density at radius 2 is 1.85 bits per heavy atom. The van der Waals surface area contributed by atoms with Crippen molar-refractivity contribution in [1.29, 1.82) is 0 Å². The Balaban J connectivity index is 2.20. The Labute approximate surface area is 127 Å². The molecule has 1 aromatic carbocycles. The van der Waals surface area contributed by atoms with Gasteiger partial charge in [0.2, 0.25) is 0 Å². The second-order valence-electron chi connectivity index (χ2n) is 6.29. The lowest BCUT2D eigenvalue weighted by Crippen LogP contribution is -2.42. The predicted octanol–water partition coefficient (Wildman–Crippen LogP) is 3.24. The number of aliphatic hydroxyl groups is 1. The summed E-state index contributed by atoms with van der Waals surface area (Å²) in [5.41, 5.74) is 1.24. The smallest absolute Gasteiger partial charge is 0.0897 e. The summed E-state index contributed by atoms with van der Waals surface area (Å²) >= 11 is 5.81. The third-order valence-electron chi connectivity index (χ3n) is 3.45. The van der Waals surface area contributed by atoms with Crippen LogP contribution < -0.4 is 5.32 Å². The van der Waals surface area contributed by atoms with Crippen LogP contribution in [0.3, 0.4) is 0 Å². The average Bonchev–Trinajstić information content (AvgIpc) is 2.37. The van der Waals surface area contributed by atoms with Crippen LogP contribution >= 0.6 is 11.6 Å². The van der Waals surface area contributed by atoms with E-state index in [1.54, 1.807) is 0 Å². The molecule has 0 spiro atoms. The van der Waals surface area contributed by atoms with Crippen LogP contribution in [0.15, 0.2) is 24.3 Å². The molecule has 4 heteroatoms. The van der Waals surface area contributed by atoms with Gasteiger partial charge in [-0.25, -0.2) is 0 Å². The van der Waals surface area contributed by atoms with Crippen molar-refractivity contribution in [1.82, 2.24) is 5.32 Å². The van der Waals surface area contributed by atoms with E-state index in [1.807, 2.05) is 24.3 Å². The van der Waals surface area contributed by atoms with Gasteiger partial charge in [0.15, 0.2) is 0 Å². The summed E-state index contributed by atoms with van der Waals surface area (Å²) in [5.74, 6) is 0. The van der Waals surface area contributed by atoms with Gasteiger partial charge in [0.1, 0.15) is 0 Å². The number of rotatable bonds is 7. The van der Waals surface area contributed by atoms with Crippen molar-refractivity contribution in [2.24, 2.45) is 5.41 Å². The van der Waals surface area contributed by atoms with Gasteiger partial charge in [-0.05, 0) is 30.0 Å². The SMILES string of the molecule is CC(NCC(O)COCc1ccc(Cl)cc1)C(C)(C)C. The first-order valence-electron chi connectivity index (χ1n) is 7.02. The van der Waals surface area contributed by atoms with Crippen LogP contribution in [0, 0.1) is 5.41 Å². The summed E-state index contributed by atoms with van der Waals surface area (Å²) in [5, 5.41) is 13.9. The number of nitrogens with one attached hydrogen (secondary N) is 1. The molecule has 2 unspecified atom stereocenters. The molecule has 2 atom stereocenters. The van der Waals surface area contributed by atoms with Crippen molar-refractivity contribution >= 4 is 11.6 Å². The van der Waals surface area contributed by atoms with Crippen LogP contribution in [0.5, 0.6) is 0 Å². The topological polar surface area (TPSA) is 41.5 Å². The Kier molecular flexibility index (Phi) is 6.96. The second-order valence-corrected chi connectivity index (χ2v) is 6.73. The van der Waals surface area contributed by atoms with Crippen molar-refractivity contribution < 1.29 is 9.84 Å². The minimum absolute atomic E-state index is 0.184. The van der Waals surface area contributed by atoms with Crippen LogP contribution in [0.4, 0.5) is 0 Å². The van der Waals surface area contributed by atoms with E-state index in [9.17, 15) is 5.11 Å². The molecule has 114 valence electrons. The molecule has 1 rings (SSSR count). The lowest BCUT2D eigenvalue weighted by atomic mass is 9.88. The van der Waals surface area contributed by atoms with Crippen LogP contribution in [-0.2, 0) is 11.3 Å². The van der Waals surface area contributed by atoms with Gasteiger partial charge in [-0.2, -0.15) is 0 Å². The molecule has 0 saturated heterocycles. The molecule has 0 aliphatic carbocycles. The Morgan fingerprint density at radius 3 is 2.40 bits per heavy atom. The zero-order valence-corrected chi connectivity index (χ0v) is 13.6. The van der Waals surface area contributed by atoms with E-state index in [-0.39, 0.29) is 5.41 Å². The first-order chi connectivity index (χ1) is 9.29. The molecule has 1 aromatic rings. The van der Waals surface area contributed by atoms with Crippen molar-refractivity contribution in [3.8, 4) is 0 Å². The van der Waals surface area contributed by atoms with E-state index >= 15 is 0 Å². The monoisotopic (exact) mass is 299 g/mol. The maximum atomic E-state index is 9.88. The molecule has 0 bridgehead atoms. The van der Waals surface area contributed by atoms with Gasteiger partial charge in [0.05, 0.1) is 19.3 Å². The van der Waals surface area contributed by atoms with Crippen molar-refractivity contribution in [3.05, 3.63) is 34.9 Å². The molecule has 2 N–H and O–H groups in total. The van der Waals surface area contributed by atoms with Crippen LogP contribution in [-0.4, -0.2) is 30.4 Å². The molecule has 0 radical (unpaired) electrons. The number of halogens is 1. The third-order valence-corrected chi connectivity index (χ3v) is 3.70. The third kappa shape index (κ3) is 6.71. The van der Waals surface area contributed by atoms with Crippen molar-refractivity contribution in [3.63, 3.8) is 0 Å². The Hall–Kier alpha value is -0.610. The molecule has 20 heavy (non-hydrogen) atoms. The Morgan fingerprint density at radius 1 is 1.25 bits per heavy atom. The molecule has 0 aliphatic heterocycles. The normalized spacial score (nSPS) is 15.1. The summed E-state index contributed by atoms with van der Waals surface area (Å²) < 4.78 is 5.51. The minimum Gasteiger partial charge on any atom is -0.389 e. The van der Waals surface area contributed by atoms with Gasteiger partial charge in [0, 0.05) is 17.6 Å². The van der Waals surface area contributed by atoms with E-state index in [1.165, 1.54) is 0 Å². The van der Waals surface area contributed by atoms with Gasteiger partial charge >= 0.3 is 0 Å². The van der Waals surface area contributed by atoms with E-state index in [2.05, 4.69) is 33.0 Å². The fraction of sp³-hybridized carbons (Fsp3) is 0.625. The van der Waals surface area contributed by atoms with E-state index in [0.717, 1.165) is 5.56 Å². The first-order valence-corrected chi connectivity index (χ1v) is 7.40. The van der Waals surface area contributed by atoms with Crippen molar-refractivity contribution in [2.45, 2.75) is 46.4 Å². The highest BCUT2D eigenvalue weighted by molar-refractivity contribution is 6.30. The Bertz CT molecular complexity index is 386. The number of benzene rings is 1. The van der Waals surface area contributed by atoms with Gasteiger partial charge in [-0.1, -0.05) is 44.5 Å². The zero-order valence-electron chi connectivity index (χ0n) is 12.8. The van der Waals surface area contributed by atoms with E-state index < -0.39 is 6.10 Å². The highest BCUT2D eigenvalue weighted by Crippen LogP contribution is 2.18. The lowest BCUT2D eigenvalue weighted by Gasteiger charge is -2.29. The molecule has 0 aliphatic rings. The molecular weight excluding hydrogens is 274 g/mol. The standard InChI is InChI=1S/C16H26ClNO2/c1-12(16(2,3)4)18-9-15(19)11-20-10-13-5-7-14(17)8-6-13/h5-8,12,15,18-19H,9-11H2,1-4H3. The fourth-order valence-electron chi connectivity index (χ4n) is 1.57. The maximum absolute atomic E-state index is 9.88. The average molecular weight is 300 g/mol. The van der Waals surface area contributed by atoms with Gasteiger partial charge in [-0.3, -0.25) is 0 Å².